The van der Waals surface area contributed by atoms with Crippen molar-refractivity contribution in [3.05, 3.63) is 64.5 Å². The molecule has 8 heteroatoms. The highest BCUT2D eigenvalue weighted by Gasteiger charge is 2.45. The number of methoxy groups -OCH3 is 1. The summed E-state index contributed by atoms with van der Waals surface area (Å²) < 4.78 is 16.6. The van der Waals surface area contributed by atoms with E-state index in [0.29, 0.717) is 34.0 Å². The van der Waals surface area contributed by atoms with Crippen molar-refractivity contribution < 1.29 is 28.3 Å². The molecule has 2 aromatic heterocycles. The van der Waals surface area contributed by atoms with Gasteiger partial charge in [-0.25, -0.2) is 0 Å². The predicted molar refractivity (Wildman–Crippen MR) is 114 cm³/mol. The second-order valence-corrected chi connectivity index (χ2v) is 7.79. The highest BCUT2D eigenvalue weighted by atomic mass is 35.5. The maximum atomic E-state index is 13.4. The Kier molecular flexibility index (Phi) is 5.78. The lowest BCUT2D eigenvalue weighted by Crippen LogP contribution is -2.31. The Morgan fingerprint density at radius 2 is 2.10 bits per heavy atom. The summed E-state index contributed by atoms with van der Waals surface area (Å²) in [7, 11) is 1.47. The smallest absolute Gasteiger partial charge is 0.290 e. The summed E-state index contributed by atoms with van der Waals surface area (Å²) in [5.74, 6) is -1.04. The normalized spacial score (nSPS) is 16.5. The molecule has 7 nitrogen and oxygen atoms in total. The number of ketones is 1. The van der Waals surface area contributed by atoms with Gasteiger partial charge < -0.3 is 23.6 Å². The number of unbranched alkanes of at least 4 members (excludes halogenated alkanes) is 2. The molecule has 0 aliphatic carbocycles. The van der Waals surface area contributed by atoms with Crippen molar-refractivity contribution in [3.8, 4) is 5.75 Å². The first-order valence-corrected chi connectivity index (χ1v) is 10.4. The molecule has 0 saturated heterocycles. The van der Waals surface area contributed by atoms with Crippen LogP contribution in [0.2, 0.25) is 5.02 Å². The monoisotopic (exact) mass is 443 g/mol. The van der Waals surface area contributed by atoms with Gasteiger partial charge in [-0.2, -0.15) is 0 Å². The number of amides is 1. The Hall–Kier alpha value is -3.19. The number of rotatable bonds is 8. The first-order chi connectivity index (χ1) is 15.0. The summed E-state index contributed by atoms with van der Waals surface area (Å²) in [6.07, 6.45) is 4.11. The van der Waals surface area contributed by atoms with Crippen LogP contribution in [0.1, 0.15) is 48.5 Å². The fourth-order valence-electron chi connectivity index (χ4n) is 3.87. The van der Waals surface area contributed by atoms with Gasteiger partial charge in [-0.1, -0.05) is 31.4 Å². The van der Waals surface area contributed by atoms with E-state index < -0.39 is 23.5 Å². The Morgan fingerprint density at radius 3 is 2.77 bits per heavy atom. The van der Waals surface area contributed by atoms with Gasteiger partial charge in [0.15, 0.2) is 22.9 Å². The Morgan fingerprint density at radius 1 is 1.29 bits per heavy atom. The van der Waals surface area contributed by atoms with Gasteiger partial charge in [-0.05, 0) is 30.7 Å². The van der Waals surface area contributed by atoms with E-state index in [-0.39, 0.29) is 11.3 Å². The van der Waals surface area contributed by atoms with Crippen molar-refractivity contribution in [2.75, 3.05) is 13.7 Å². The van der Waals surface area contributed by atoms with Crippen LogP contribution in [-0.4, -0.2) is 35.4 Å². The minimum Gasteiger partial charge on any atom is -0.503 e. The molecule has 3 heterocycles. The molecule has 0 fully saturated rings. The Labute approximate surface area is 183 Å². The largest absolute Gasteiger partial charge is 0.503 e. The van der Waals surface area contributed by atoms with Crippen molar-refractivity contribution in [1.82, 2.24) is 4.90 Å². The van der Waals surface area contributed by atoms with E-state index in [1.807, 2.05) is 0 Å². The van der Waals surface area contributed by atoms with E-state index in [1.165, 1.54) is 24.3 Å². The summed E-state index contributed by atoms with van der Waals surface area (Å²) in [5, 5.41) is 11.6. The van der Waals surface area contributed by atoms with Crippen LogP contribution >= 0.6 is 11.6 Å². The van der Waals surface area contributed by atoms with Gasteiger partial charge >= 0.3 is 0 Å². The molecule has 1 aliphatic rings. The lowest BCUT2D eigenvalue weighted by Gasteiger charge is -2.24. The molecule has 1 N–H and O–H groups in total. The lowest BCUT2D eigenvalue weighted by molar-refractivity contribution is -0.129. The number of nitrogens with zero attached hydrogens (tertiary/aromatic N) is 1. The quantitative estimate of drug-likeness (QED) is 0.367. The third kappa shape index (κ3) is 3.70. The van der Waals surface area contributed by atoms with Crippen molar-refractivity contribution in [2.24, 2.45) is 0 Å². The van der Waals surface area contributed by atoms with E-state index in [9.17, 15) is 14.7 Å². The van der Waals surface area contributed by atoms with Gasteiger partial charge in [-0.3, -0.25) is 9.59 Å². The number of halogens is 1. The summed E-state index contributed by atoms with van der Waals surface area (Å²) in [6, 6.07) is 7.28. The second kappa shape index (κ2) is 8.51. The van der Waals surface area contributed by atoms with Gasteiger partial charge in [0.05, 0.1) is 18.9 Å². The van der Waals surface area contributed by atoms with Crippen LogP contribution in [0.4, 0.5) is 0 Å². The summed E-state index contributed by atoms with van der Waals surface area (Å²) in [6.45, 7) is 2.45. The van der Waals surface area contributed by atoms with Crippen LogP contribution in [0.15, 0.2) is 56.8 Å². The highest BCUT2D eigenvalue weighted by Crippen LogP contribution is 2.41. The minimum atomic E-state index is -0.828. The number of fused-ring (bicyclic) bond motifs is 1. The zero-order valence-electron chi connectivity index (χ0n) is 17.2. The number of benzene rings is 1. The molecule has 4 rings (SSSR count). The minimum absolute atomic E-state index is 0.0307. The van der Waals surface area contributed by atoms with Crippen molar-refractivity contribution in [1.29, 1.82) is 0 Å². The fourth-order valence-corrected chi connectivity index (χ4v) is 4.09. The standard InChI is InChI=1S/C23H22ClNO6/c1-3-4-5-8-25-19(15-7-6-9-30-15)18(21(27)23(25)28)20(26)16-11-13-10-14(24)12-17(29-2)22(13)31-16/h6-7,9-12,19,27H,3-5,8H2,1-2H3. The zero-order chi connectivity index (χ0) is 22.1. The van der Waals surface area contributed by atoms with Crippen LogP contribution < -0.4 is 4.74 Å². The highest BCUT2D eigenvalue weighted by molar-refractivity contribution is 6.31. The van der Waals surface area contributed by atoms with E-state index >= 15 is 0 Å². The van der Waals surface area contributed by atoms with Gasteiger partial charge in [-0.15, -0.1) is 0 Å². The molecular weight excluding hydrogens is 422 g/mol. The average molecular weight is 444 g/mol. The van der Waals surface area contributed by atoms with E-state index in [1.54, 1.807) is 24.3 Å². The molecule has 1 amide bonds. The molecule has 0 saturated carbocycles. The predicted octanol–water partition coefficient (Wildman–Crippen LogP) is 5.46. The van der Waals surface area contributed by atoms with Crippen molar-refractivity contribution in [3.63, 3.8) is 0 Å². The first kappa shape index (κ1) is 21.1. The number of aliphatic hydroxyl groups is 1. The SMILES string of the molecule is CCCCCN1C(=O)C(O)=C(C(=O)c2cc3cc(Cl)cc(OC)c3o2)C1c1ccco1. The van der Waals surface area contributed by atoms with E-state index in [0.717, 1.165) is 19.3 Å². The van der Waals surface area contributed by atoms with Crippen LogP contribution in [0.3, 0.4) is 0 Å². The molecular formula is C23H22ClNO6. The number of ether oxygens (including phenoxy) is 1. The first-order valence-electron chi connectivity index (χ1n) is 10.1. The number of Topliss-reactive ketones (excluding diaryl/α,β-unsaturated/α-hetero) is 1. The Bertz CT molecular complexity index is 1160. The molecule has 1 atom stereocenters. The maximum absolute atomic E-state index is 13.4. The topological polar surface area (TPSA) is 93.1 Å². The van der Waals surface area contributed by atoms with Crippen molar-refractivity contribution in [2.45, 2.75) is 32.2 Å². The molecule has 1 unspecified atom stereocenters. The van der Waals surface area contributed by atoms with Crippen LogP contribution in [0, 0.1) is 0 Å². The Balaban J connectivity index is 1.76. The number of carbonyl (C=O) groups is 2. The van der Waals surface area contributed by atoms with Gasteiger partial charge in [0, 0.05) is 23.0 Å². The third-order valence-electron chi connectivity index (χ3n) is 5.35. The van der Waals surface area contributed by atoms with E-state index in [4.69, 9.17) is 25.2 Å². The number of hydrogen-bond donors (Lipinski definition) is 1. The summed E-state index contributed by atoms with van der Waals surface area (Å²) in [4.78, 5) is 27.7. The number of aliphatic hydroxyl groups excluding tert-OH is 1. The summed E-state index contributed by atoms with van der Waals surface area (Å²) in [5.41, 5.74) is 0.287. The molecule has 3 aromatic rings. The zero-order valence-corrected chi connectivity index (χ0v) is 17.9. The lowest BCUT2D eigenvalue weighted by atomic mass is 9.99. The molecule has 1 aliphatic heterocycles. The number of hydrogen-bond acceptors (Lipinski definition) is 6. The fraction of sp³-hybridized carbons (Fsp3) is 0.304. The van der Waals surface area contributed by atoms with Crippen LogP contribution in [0.5, 0.6) is 5.75 Å². The average Bonchev–Trinajstić information content (AvgIpc) is 3.47. The van der Waals surface area contributed by atoms with Gasteiger partial charge in [0.2, 0.25) is 5.78 Å². The van der Waals surface area contributed by atoms with Crippen LogP contribution in [0.25, 0.3) is 11.0 Å². The molecule has 162 valence electrons. The molecule has 31 heavy (non-hydrogen) atoms. The van der Waals surface area contributed by atoms with Crippen LogP contribution in [-0.2, 0) is 4.79 Å². The van der Waals surface area contributed by atoms with Gasteiger partial charge in [0.1, 0.15) is 11.8 Å². The summed E-state index contributed by atoms with van der Waals surface area (Å²) >= 11 is 6.11. The van der Waals surface area contributed by atoms with E-state index in [2.05, 4.69) is 6.92 Å². The van der Waals surface area contributed by atoms with Gasteiger partial charge in [0.25, 0.3) is 5.91 Å². The molecule has 0 radical (unpaired) electrons. The third-order valence-corrected chi connectivity index (χ3v) is 5.57. The number of furan rings is 2. The molecule has 0 spiro atoms. The molecule has 0 bridgehead atoms. The number of carbonyl (C=O) groups excluding carboxylic acids is 2. The van der Waals surface area contributed by atoms with Crippen molar-refractivity contribution >= 4 is 34.3 Å². The molecule has 1 aromatic carbocycles. The second-order valence-electron chi connectivity index (χ2n) is 7.35. The maximum Gasteiger partial charge on any atom is 0.290 e.